The lowest BCUT2D eigenvalue weighted by Gasteiger charge is -2.36. The standard InChI is InChI=1S/C22H32F3N3O3/c1-2-30-21(29)14-27-9-7-18(8-10-27)31-15-16-5-11-28(12-6-16)20-4-3-17(26)13-19(20)22(23,24)25/h3-4,13,16,18H,2,5-12,14-15,26H2,1H3. The number of hydrogen-bond acceptors (Lipinski definition) is 6. The van der Waals surface area contributed by atoms with Gasteiger partial charge in [-0.15, -0.1) is 0 Å². The largest absolute Gasteiger partial charge is 0.465 e. The third-order valence-electron chi connectivity index (χ3n) is 6.04. The van der Waals surface area contributed by atoms with E-state index in [4.69, 9.17) is 15.2 Å². The van der Waals surface area contributed by atoms with Crippen LogP contribution in [0.25, 0.3) is 0 Å². The number of anilines is 2. The first kappa shape index (κ1) is 23.7. The van der Waals surface area contributed by atoms with Crippen LogP contribution in [0.2, 0.25) is 0 Å². The second kappa shape index (κ2) is 10.5. The van der Waals surface area contributed by atoms with Gasteiger partial charge in [0, 0.05) is 44.2 Å². The van der Waals surface area contributed by atoms with E-state index in [1.165, 1.54) is 12.1 Å². The zero-order valence-corrected chi connectivity index (χ0v) is 18.0. The maximum Gasteiger partial charge on any atom is 0.418 e. The molecule has 0 aliphatic carbocycles. The number of esters is 1. The number of nitrogen functional groups attached to an aromatic ring is 1. The molecule has 2 heterocycles. The van der Waals surface area contributed by atoms with Crippen molar-refractivity contribution in [2.75, 3.05) is 56.6 Å². The van der Waals surface area contributed by atoms with Crippen LogP contribution >= 0.6 is 0 Å². The predicted octanol–water partition coefficient (Wildman–Crippen LogP) is 3.55. The van der Waals surface area contributed by atoms with Crippen molar-refractivity contribution in [3.8, 4) is 0 Å². The number of nitrogens with two attached hydrogens (primary N) is 1. The Hall–Kier alpha value is -2.00. The van der Waals surface area contributed by atoms with Gasteiger partial charge in [0.1, 0.15) is 0 Å². The average Bonchev–Trinajstić information content (AvgIpc) is 2.73. The van der Waals surface area contributed by atoms with Gasteiger partial charge in [-0.25, -0.2) is 0 Å². The third kappa shape index (κ3) is 6.74. The molecule has 0 saturated carbocycles. The van der Waals surface area contributed by atoms with Crippen molar-refractivity contribution in [2.24, 2.45) is 5.92 Å². The predicted molar refractivity (Wildman–Crippen MR) is 113 cm³/mol. The number of hydrogen-bond donors (Lipinski definition) is 1. The summed E-state index contributed by atoms with van der Waals surface area (Å²) in [5.74, 6) is 0.153. The molecular weight excluding hydrogens is 411 g/mol. The molecule has 2 saturated heterocycles. The number of nitrogens with zero attached hydrogens (tertiary/aromatic N) is 2. The Morgan fingerprint density at radius 3 is 2.42 bits per heavy atom. The van der Waals surface area contributed by atoms with Crippen molar-refractivity contribution >= 4 is 17.3 Å². The van der Waals surface area contributed by atoms with Gasteiger partial charge in [-0.3, -0.25) is 9.69 Å². The van der Waals surface area contributed by atoms with Gasteiger partial charge in [0.25, 0.3) is 0 Å². The van der Waals surface area contributed by atoms with E-state index in [0.717, 1.165) is 44.8 Å². The molecule has 2 aliphatic rings. The number of carbonyl (C=O) groups is 1. The van der Waals surface area contributed by atoms with Gasteiger partial charge < -0.3 is 20.1 Å². The summed E-state index contributed by atoms with van der Waals surface area (Å²) in [5.41, 5.74) is 5.22. The minimum absolute atomic E-state index is 0.118. The van der Waals surface area contributed by atoms with Crippen LogP contribution in [0.3, 0.4) is 0 Å². The van der Waals surface area contributed by atoms with Crippen LogP contribution in [0.5, 0.6) is 0 Å². The normalized spacial score (nSPS) is 19.5. The fraction of sp³-hybridized carbons (Fsp3) is 0.682. The molecule has 2 aliphatic heterocycles. The first-order valence-electron chi connectivity index (χ1n) is 11.0. The van der Waals surface area contributed by atoms with E-state index in [1.54, 1.807) is 11.8 Å². The molecule has 174 valence electrons. The highest BCUT2D eigenvalue weighted by molar-refractivity contribution is 5.71. The van der Waals surface area contributed by atoms with E-state index in [0.29, 0.717) is 38.8 Å². The Morgan fingerprint density at radius 2 is 1.81 bits per heavy atom. The Bertz CT molecular complexity index is 728. The smallest absolute Gasteiger partial charge is 0.418 e. The topological polar surface area (TPSA) is 68.0 Å². The Labute approximate surface area is 181 Å². The molecule has 0 spiro atoms. The summed E-state index contributed by atoms with van der Waals surface area (Å²) in [6.07, 6.45) is -0.915. The summed E-state index contributed by atoms with van der Waals surface area (Å²) in [5, 5.41) is 0. The number of piperidine rings is 2. The average molecular weight is 444 g/mol. The van der Waals surface area contributed by atoms with E-state index in [1.807, 2.05) is 0 Å². The minimum atomic E-state index is -4.42. The number of alkyl halides is 3. The first-order chi connectivity index (χ1) is 14.8. The van der Waals surface area contributed by atoms with Crippen LogP contribution in [0.15, 0.2) is 18.2 Å². The zero-order chi connectivity index (χ0) is 22.4. The van der Waals surface area contributed by atoms with Crippen LogP contribution < -0.4 is 10.6 Å². The van der Waals surface area contributed by atoms with Gasteiger partial charge >= 0.3 is 12.1 Å². The highest BCUT2D eigenvalue weighted by Crippen LogP contribution is 2.39. The van der Waals surface area contributed by atoms with E-state index in [2.05, 4.69) is 4.90 Å². The molecule has 0 aromatic heterocycles. The summed E-state index contributed by atoms with van der Waals surface area (Å²) < 4.78 is 51.3. The lowest BCUT2D eigenvalue weighted by molar-refractivity contribution is -0.145. The van der Waals surface area contributed by atoms with Crippen molar-refractivity contribution < 1.29 is 27.4 Å². The summed E-state index contributed by atoms with van der Waals surface area (Å²) in [7, 11) is 0. The fourth-order valence-electron chi connectivity index (χ4n) is 4.29. The van der Waals surface area contributed by atoms with E-state index >= 15 is 0 Å². The third-order valence-corrected chi connectivity index (χ3v) is 6.04. The summed E-state index contributed by atoms with van der Waals surface area (Å²) in [4.78, 5) is 15.5. The molecule has 0 bridgehead atoms. The monoisotopic (exact) mass is 443 g/mol. The lowest BCUT2D eigenvalue weighted by atomic mass is 9.96. The van der Waals surface area contributed by atoms with Gasteiger partial charge in [-0.2, -0.15) is 13.2 Å². The van der Waals surface area contributed by atoms with Crippen molar-refractivity contribution in [1.29, 1.82) is 0 Å². The Kier molecular flexibility index (Phi) is 8.05. The molecule has 3 rings (SSSR count). The first-order valence-corrected chi connectivity index (χ1v) is 11.0. The Morgan fingerprint density at radius 1 is 1.13 bits per heavy atom. The molecule has 31 heavy (non-hydrogen) atoms. The summed E-state index contributed by atoms with van der Waals surface area (Å²) in [6.45, 7) is 5.89. The van der Waals surface area contributed by atoms with Crippen LogP contribution in [-0.4, -0.2) is 62.9 Å². The number of benzene rings is 1. The molecule has 0 unspecified atom stereocenters. The fourth-order valence-corrected chi connectivity index (χ4v) is 4.29. The maximum absolute atomic E-state index is 13.4. The molecule has 2 fully saturated rings. The molecule has 6 nitrogen and oxygen atoms in total. The number of carbonyl (C=O) groups excluding carboxylic acids is 1. The quantitative estimate of drug-likeness (QED) is 0.514. The van der Waals surface area contributed by atoms with Crippen molar-refractivity contribution in [3.05, 3.63) is 23.8 Å². The molecule has 9 heteroatoms. The number of halogens is 3. The van der Waals surface area contributed by atoms with Crippen LogP contribution in [0.4, 0.5) is 24.5 Å². The lowest BCUT2D eigenvalue weighted by Crippen LogP contribution is -2.41. The molecule has 0 atom stereocenters. The molecule has 2 N–H and O–H groups in total. The minimum Gasteiger partial charge on any atom is -0.465 e. The number of ether oxygens (including phenoxy) is 2. The van der Waals surface area contributed by atoms with E-state index < -0.39 is 11.7 Å². The van der Waals surface area contributed by atoms with Crippen LogP contribution in [0.1, 0.15) is 38.2 Å². The SMILES string of the molecule is CCOC(=O)CN1CCC(OCC2CCN(c3ccc(N)cc3C(F)(F)F)CC2)CC1. The highest BCUT2D eigenvalue weighted by atomic mass is 19.4. The highest BCUT2D eigenvalue weighted by Gasteiger charge is 2.36. The Balaban J connectivity index is 1.41. The second-order valence-electron chi connectivity index (χ2n) is 8.32. The van der Waals surface area contributed by atoms with Crippen LogP contribution in [0, 0.1) is 5.92 Å². The summed E-state index contributed by atoms with van der Waals surface area (Å²) >= 11 is 0. The molecule has 0 radical (unpaired) electrons. The molecule has 1 aromatic carbocycles. The van der Waals surface area contributed by atoms with Gasteiger partial charge in [0.2, 0.25) is 0 Å². The number of likely N-dealkylation sites (tertiary alicyclic amines) is 1. The van der Waals surface area contributed by atoms with E-state index in [-0.39, 0.29) is 23.4 Å². The summed E-state index contributed by atoms with van der Waals surface area (Å²) in [6, 6.07) is 4.01. The van der Waals surface area contributed by atoms with Gasteiger partial charge in [0.15, 0.2) is 0 Å². The number of rotatable bonds is 7. The second-order valence-corrected chi connectivity index (χ2v) is 8.32. The molecule has 1 aromatic rings. The van der Waals surface area contributed by atoms with Gasteiger partial charge in [0.05, 0.1) is 24.8 Å². The van der Waals surface area contributed by atoms with Gasteiger partial charge in [-0.1, -0.05) is 0 Å². The van der Waals surface area contributed by atoms with Crippen molar-refractivity contribution in [2.45, 2.75) is 44.9 Å². The van der Waals surface area contributed by atoms with Crippen LogP contribution in [-0.2, 0) is 20.4 Å². The van der Waals surface area contributed by atoms with E-state index in [9.17, 15) is 18.0 Å². The molecular formula is C22H32F3N3O3. The molecule has 0 amide bonds. The maximum atomic E-state index is 13.4. The van der Waals surface area contributed by atoms with Gasteiger partial charge in [-0.05, 0) is 56.7 Å². The van der Waals surface area contributed by atoms with Crippen molar-refractivity contribution in [3.63, 3.8) is 0 Å². The zero-order valence-electron chi connectivity index (χ0n) is 18.0. The van der Waals surface area contributed by atoms with Crippen molar-refractivity contribution in [1.82, 2.24) is 4.90 Å².